The summed E-state index contributed by atoms with van der Waals surface area (Å²) in [7, 11) is 0. The van der Waals surface area contributed by atoms with Crippen molar-refractivity contribution in [2.45, 2.75) is 33.7 Å². The van der Waals surface area contributed by atoms with Crippen LogP contribution in [0, 0.1) is 13.8 Å². The fourth-order valence-corrected chi connectivity index (χ4v) is 2.35. The molecule has 0 aliphatic heterocycles. The Bertz CT molecular complexity index is 650. The number of carbonyl (C=O) groups is 1. The van der Waals surface area contributed by atoms with Gasteiger partial charge in [0.25, 0.3) is 5.91 Å². The van der Waals surface area contributed by atoms with Crippen molar-refractivity contribution in [3.63, 3.8) is 0 Å². The van der Waals surface area contributed by atoms with Gasteiger partial charge in [-0.05, 0) is 45.4 Å². The van der Waals surface area contributed by atoms with Crippen molar-refractivity contribution in [3.8, 4) is 0 Å². The second-order valence-electron chi connectivity index (χ2n) is 5.11. The lowest BCUT2D eigenvalue weighted by atomic mass is 10.1. The number of aromatic nitrogens is 1. The third kappa shape index (κ3) is 2.87. The molecule has 2 aromatic rings. The van der Waals surface area contributed by atoms with Gasteiger partial charge in [-0.15, -0.1) is 0 Å². The number of amides is 1. The molecule has 0 unspecified atom stereocenters. The van der Waals surface area contributed by atoms with Crippen LogP contribution in [0.4, 0.5) is 0 Å². The summed E-state index contributed by atoms with van der Waals surface area (Å²) in [4.78, 5) is 16.4. The van der Waals surface area contributed by atoms with Crippen molar-refractivity contribution in [3.05, 3.63) is 40.0 Å². The molecule has 3 nitrogen and oxygen atoms in total. The zero-order valence-electron chi connectivity index (χ0n) is 11.5. The van der Waals surface area contributed by atoms with Gasteiger partial charge in [-0.3, -0.25) is 4.79 Å². The summed E-state index contributed by atoms with van der Waals surface area (Å²) in [6.07, 6.45) is 0. The summed E-state index contributed by atoms with van der Waals surface area (Å²) in [6.45, 7) is 7.84. The van der Waals surface area contributed by atoms with Crippen molar-refractivity contribution in [1.29, 1.82) is 0 Å². The van der Waals surface area contributed by atoms with Gasteiger partial charge in [0.15, 0.2) is 0 Å². The second-order valence-corrected chi connectivity index (χ2v) is 5.47. The predicted octanol–water partition coefficient (Wildman–Crippen LogP) is 3.64. The van der Waals surface area contributed by atoms with Gasteiger partial charge in [0, 0.05) is 11.4 Å². The smallest absolute Gasteiger partial charge is 0.254 e. The molecule has 0 aliphatic carbocycles. The van der Waals surface area contributed by atoms with E-state index in [1.807, 2.05) is 39.8 Å². The maximum Gasteiger partial charge on any atom is 0.254 e. The molecule has 0 spiro atoms. The Hall–Kier alpha value is -1.61. The van der Waals surface area contributed by atoms with Crippen LogP contribution in [0.5, 0.6) is 0 Å². The van der Waals surface area contributed by atoms with Crippen molar-refractivity contribution in [2.24, 2.45) is 0 Å². The van der Waals surface area contributed by atoms with E-state index in [4.69, 9.17) is 11.6 Å². The molecule has 0 bridgehead atoms. The maximum absolute atomic E-state index is 12.1. The number of hydrogen-bond acceptors (Lipinski definition) is 2. The highest BCUT2D eigenvalue weighted by molar-refractivity contribution is 6.33. The lowest BCUT2D eigenvalue weighted by Crippen LogP contribution is -2.30. The van der Waals surface area contributed by atoms with Gasteiger partial charge in [-0.2, -0.15) is 0 Å². The van der Waals surface area contributed by atoms with E-state index in [1.165, 1.54) is 0 Å². The minimum Gasteiger partial charge on any atom is -0.350 e. The number of nitrogens with zero attached hydrogens (tertiary/aromatic N) is 1. The maximum atomic E-state index is 12.1. The zero-order valence-corrected chi connectivity index (χ0v) is 12.3. The van der Waals surface area contributed by atoms with Gasteiger partial charge in [-0.25, -0.2) is 4.98 Å². The SMILES string of the molecule is Cc1cc(C)c2nc(Cl)c(C(=O)NC(C)C)cc2c1. The highest BCUT2D eigenvalue weighted by atomic mass is 35.5. The van der Waals surface area contributed by atoms with Crippen LogP contribution >= 0.6 is 11.6 Å². The highest BCUT2D eigenvalue weighted by Gasteiger charge is 2.14. The molecule has 1 N–H and O–H groups in total. The first-order valence-electron chi connectivity index (χ1n) is 6.27. The molecule has 0 atom stereocenters. The lowest BCUT2D eigenvalue weighted by molar-refractivity contribution is 0.0943. The Morgan fingerprint density at radius 3 is 2.58 bits per heavy atom. The van der Waals surface area contributed by atoms with Crippen molar-refractivity contribution in [2.75, 3.05) is 0 Å². The number of rotatable bonds is 2. The quantitative estimate of drug-likeness (QED) is 0.851. The standard InChI is InChI=1S/C15H17ClN2O/c1-8(2)17-15(19)12-7-11-6-9(3)5-10(4)13(11)18-14(12)16/h5-8H,1-4H3,(H,17,19). The summed E-state index contributed by atoms with van der Waals surface area (Å²) in [5, 5.41) is 4.02. The van der Waals surface area contributed by atoms with Crippen LogP contribution in [0.3, 0.4) is 0 Å². The van der Waals surface area contributed by atoms with E-state index >= 15 is 0 Å². The van der Waals surface area contributed by atoms with Gasteiger partial charge in [-0.1, -0.05) is 23.2 Å². The van der Waals surface area contributed by atoms with E-state index < -0.39 is 0 Å². The molecule has 1 aromatic carbocycles. The molecule has 1 amide bonds. The summed E-state index contributed by atoms with van der Waals surface area (Å²) in [5.41, 5.74) is 3.47. The average molecular weight is 277 g/mol. The van der Waals surface area contributed by atoms with Crippen LogP contribution < -0.4 is 5.32 Å². The largest absolute Gasteiger partial charge is 0.350 e. The summed E-state index contributed by atoms with van der Waals surface area (Å²) >= 11 is 6.12. The molecule has 0 saturated heterocycles. The topological polar surface area (TPSA) is 42.0 Å². The second kappa shape index (κ2) is 5.17. The normalized spacial score (nSPS) is 11.1. The van der Waals surface area contributed by atoms with Crippen molar-refractivity contribution >= 4 is 28.4 Å². The molecule has 0 saturated carbocycles. The number of fused-ring (bicyclic) bond motifs is 1. The number of benzene rings is 1. The lowest BCUT2D eigenvalue weighted by Gasteiger charge is -2.11. The molecular weight excluding hydrogens is 260 g/mol. The van der Waals surface area contributed by atoms with Crippen LogP contribution in [0.2, 0.25) is 5.15 Å². The Morgan fingerprint density at radius 2 is 1.95 bits per heavy atom. The number of pyridine rings is 1. The van der Waals surface area contributed by atoms with E-state index in [0.29, 0.717) is 5.56 Å². The van der Waals surface area contributed by atoms with E-state index in [2.05, 4.69) is 16.4 Å². The first-order chi connectivity index (χ1) is 8.88. The van der Waals surface area contributed by atoms with Crippen LogP contribution in [0.1, 0.15) is 35.3 Å². The van der Waals surface area contributed by atoms with E-state index in [1.54, 1.807) is 0 Å². The molecular formula is C15H17ClN2O. The molecule has 4 heteroatoms. The van der Waals surface area contributed by atoms with Gasteiger partial charge in [0.2, 0.25) is 0 Å². The number of hydrogen-bond donors (Lipinski definition) is 1. The third-order valence-corrected chi connectivity index (χ3v) is 3.16. The molecule has 2 rings (SSSR count). The molecule has 100 valence electrons. The summed E-state index contributed by atoms with van der Waals surface area (Å²) in [5.74, 6) is -0.187. The fourth-order valence-electron chi connectivity index (χ4n) is 2.13. The Labute approximate surface area is 118 Å². The number of halogens is 1. The number of nitrogens with one attached hydrogen (secondary N) is 1. The third-order valence-electron chi connectivity index (χ3n) is 2.87. The predicted molar refractivity (Wildman–Crippen MR) is 78.8 cm³/mol. The summed E-state index contributed by atoms with van der Waals surface area (Å²) in [6, 6.07) is 5.94. The Morgan fingerprint density at radius 1 is 1.26 bits per heavy atom. The van der Waals surface area contributed by atoms with Gasteiger partial charge in [0.1, 0.15) is 5.15 Å². The molecule has 1 heterocycles. The van der Waals surface area contributed by atoms with E-state index in [9.17, 15) is 4.79 Å². The van der Waals surface area contributed by atoms with Crippen molar-refractivity contribution < 1.29 is 4.79 Å². The minimum absolute atomic E-state index is 0.0681. The van der Waals surface area contributed by atoms with Crippen LogP contribution in [-0.2, 0) is 0 Å². The van der Waals surface area contributed by atoms with Crippen molar-refractivity contribution in [1.82, 2.24) is 10.3 Å². The Kier molecular flexibility index (Phi) is 3.76. The average Bonchev–Trinajstić information content (AvgIpc) is 2.28. The fraction of sp³-hybridized carbons (Fsp3) is 0.333. The molecule has 1 aromatic heterocycles. The molecule has 0 radical (unpaired) electrons. The number of carbonyl (C=O) groups excluding carboxylic acids is 1. The van der Waals surface area contributed by atoms with Gasteiger partial charge >= 0.3 is 0 Å². The number of aryl methyl sites for hydroxylation is 2. The molecule has 19 heavy (non-hydrogen) atoms. The summed E-state index contributed by atoms with van der Waals surface area (Å²) < 4.78 is 0. The Balaban J connectivity index is 2.58. The van der Waals surface area contributed by atoms with Crippen LogP contribution in [0.25, 0.3) is 10.9 Å². The van der Waals surface area contributed by atoms with Gasteiger partial charge in [0.05, 0.1) is 11.1 Å². The van der Waals surface area contributed by atoms with E-state index in [0.717, 1.165) is 22.0 Å². The molecule has 0 aliphatic rings. The van der Waals surface area contributed by atoms with E-state index in [-0.39, 0.29) is 17.1 Å². The first kappa shape index (κ1) is 13.8. The minimum atomic E-state index is -0.187. The van der Waals surface area contributed by atoms with Gasteiger partial charge < -0.3 is 5.32 Å². The zero-order chi connectivity index (χ0) is 14.2. The monoisotopic (exact) mass is 276 g/mol. The van der Waals surface area contributed by atoms with Crippen LogP contribution in [-0.4, -0.2) is 16.9 Å². The van der Waals surface area contributed by atoms with Crippen LogP contribution in [0.15, 0.2) is 18.2 Å². The first-order valence-corrected chi connectivity index (χ1v) is 6.64. The highest BCUT2D eigenvalue weighted by Crippen LogP contribution is 2.24. The molecule has 0 fully saturated rings.